The number of hydrogen-bond acceptors (Lipinski definition) is 4. The van der Waals surface area contributed by atoms with Gasteiger partial charge in [-0.15, -0.1) is 0 Å². The van der Waals surface area contributed by atoms with Gasteiger partial charge in [-0.2, -0.15) is 5.10 Å². The molecule has 1 aliphatic carbocycles. The highest BCUT2D eigenvalue weighted by Gasteiger charge is 2.23. The molecule has 3 rings (SSSR count). The molecule has 0 saturated heterocycles. The predicted octanol–water partition coefficient (Wildman–Crippen LogP) is 2.51. The van der Waals surface area contributed by atoms with Crippen molar-refractivity contribution in [3.05, 3.63) is 18.0 Å². The maximum Gasteiger partial charge on any atom is 0.339 e. The Morgan fingerprint density at radius 2 is 2.29 bits per heavy atom. The number of aromatic carboxylic acids is 1. The third kappa shape index (κ3) is 2.57. The molecule has 2 atom stereocenters. The summed E-state index contributed by atoms with van der Waals surface area (Å²) in [6.45, 7) is 3.08. The molecule has 6 heteroatoms. The molecule has 0 amide bonds. The van der Waals surface area contributed by atoms with Crippen LogP contribution in [-0.2, 0) is 7.05 Å². The molecule has 0 aromatic carbocycles. The van der Waals surface area contributed by atoms with E-state index in [1.54, 1.807) is 17.9 Å². The second-order valence-electron chi connectivity index (χ2n) is 6.02. The zero-order valence-electron chi connectivity index (χ0n) is 12.3. The van der Waals surface area contributed by atoms with E-state index in [0.29, 0.717) is 17.3 Å². The van der Waals surface area contributed by atoms with Crippen LogP contribution in [0.5, 0.6) is 0 Å². The van der Waals surface area contributed by atoms with Crippen LogP contribution < -0.4 is 5.32 Å². The lowest BCUT2D eigenvalue weighted by atomic mass is 10.1. The van der Waals surface area contributed by atoms with Crippen molar-refractivity contribution in [2.24, 2.45) is 18.9 Å². The summed E-state index contributed by atoms with van der Waals surface area (Å²) in [5.74, 6) is 0.420. The minimum Gasteiger partial charge on any atom is -0.478 e. The first-order valence-electron chi connectivity index (χ1n) is 7.34. The summed E-state index contributed by atoms with van der Waals surface area (Å²) >= 11 is 0. The van der Waals surface area contributed by atoms with Gasteiger partial charge >= 0.3 is 5.97 Å². The average molecular weight is 288 g/mol. The van der Waals surface area contributed by atoms with Gasteiger partial charge in [-0.05, 0) is 24.7 Å². The summed E-state index contributed by atoms with van der Waals surface area (Å²) in [5, 5.41) is 17.6. The number of anilines is 1. The van der Waals surface area contributed by atoms with Gasteiger partial charge in [-0.3, -0.25) is 4.68 Å². The number of nitrogens with zero attached hydrogens (tertiary/aromatic N) is 3. The van der Waals surface area contributed by atoms with Gasteiger partial charge in [0.1, 0.15) is 5.56 Å². The molecule has 21 heavy (non-hydrogen) atoms. The van der Waals surface area contributed by atoms with Crippen LogP contribution >= 0.6 is 0 Å². The van der Waals surface area contributed by atoms with Crippen LogP contribution in [0.25, 0.3) is 11.0 Å². The molecule has 0 aliphatic heterocycles. The Hall–Kier alpha value is -2.11. The largest absolute Gasteiger partial charge is 0.478 e. The van der Waals surface area contributed by atoms with Crippen molar-refractivity contribution in [3.63, 3.8) is 0 Å². The first-order chi connectivity index (χ1) is 10.1. The van der Waals surface area contributed by atoms with E-state index >= 15 is 0 Å². The number of aromatic nitrogens is 3. The molecule has 2 N–H and O–H groups in total. The van der Waals surface area contributed by atoms with Gasteiger partial charge in [0, 0.05) is 19.8 Å². The van der Waals surface area contributed by atoms with Gasteiger partial charge in [0.2, 0.25) is 0 Å². The zero-order chi connectivity index (χ0) is 15.0. The summed E-state index contributed by atoms with van der Waals surface area (Å²) in [6, 6.07) is 0. The van der Waals surface area contributed by atoms with Gasteiger partial charge in [-0.25, -0.2) is 9.78 Å². The van der Waals surface area contributed by atoms with Gasteiger partial charge in [0.15, 0.2) is 5.65 Å². The summed E-state index contributed by atoms with van der Waals surface area (Å²) in [6.07, 6.45) is 6.76. The fourth-order valence-corrected chi connectivity index (χ4v) is 3.21. The molecule has 1 aliphatic rings. The third-order valence-electron chi connectivity index (χ3n) is 4.36. The number of carboxylic acids is 1. The molecule has 6 nitrogen and oxygen atoms in total. The highest BCUT2D eigenvalue weighted by Crippen LogP contribution is 2.32. The Bertz CT molecular complexity index is 680. The second-order valence-corrected chi connectivity index (χ2v) is 6.02. The van der Waals surface area contributed by atoms with Gasteiger partial charge < -0.3 is 10.4 Å². The number of aryl methyl sites for hydroxylation is 1. The monoisotopic (exact) mass is 288 g/mol. The normalized spacial score (nSPS) is 21.8. The quantitative estimate of drug-likeness (QED) is 0.903. The van der Waals surface area contributed by atoms with Crippen LogP contribution in [0.1, 0.15) is 36.5 Å². The van der Waals surface area contributed by atoms with Crippen LogP contribution in [0.4, 0.5) is 5.69 Å². The summed E-state index contributed by atoms with van der Waals surface area (Å²) < 4.78 is 1.66. The summed E-state index contributed by atoms with van der Waals surface area (Å²) in [5.41, 5.74) is 1.55. The minimum atomic E-state index is -0.962. The molecule has 2 heterocycles. The van der Waals surface area contributed by atoms with Crippen molar-refractivity contribution in [2.75, 3.05) is 11.9 Å². The average Bonchev–Trinajstić information content (AvgIpc) is 3.03. The van der Waals surface area contributed by atoms with Crippen LogP contribution in [0, 0.1) is 11.8 Å². The lowest BCUT2D eigenvalue weighted by Crippen LogP contribution is -2.14. The topological polar surface area (TPSA) is 80.0 Å². The van der Waals surface area contributed by atoms with Gasteiger partial charge in [-0.1, -0.05) is 13.3 Å². The summed E-state index contributed by atoms with van der Waals surface area (Å²) in [4.78, 5) is 15.6. The maximum absolute atomic E-state index is 11.4. The molecule has 0 spiro atoms. The van der Waals surface area contributed by atoms with Crippen LogP contribution in [0.15, 0.2) is 12.4 Å². The number of pyridine rings is 1. The number of carboxylic acid groups (broad SMARTS) is 1. The Balaban J connectivity index is 1.91. The van der Waals surface area contributed by atoms with E-state index in [0.717, 1.165) is 17.8 Å². The molecule has 1 saturated carbocycles. The zero-order valence-corrected chi connectivity index (χ0v) is 12.3. The van der Waals surface area contributed by atoms with Gasteiger partial charge in [0.05, 0.1) is 17.3 Å². The number of fused-ring (bicyclic) bond motifs is 1. The van der Waals surface area contributed by atoms with Crippen molar-refractivity contribution in [2.45, 2.75) is 26.2 Å². The number of rotatable bonds is 4. The summed E-state index contributed by atoms with van der Waals surface area (Å²) in [7, 11) is 1.80. The van der Waals surface area contributed by atoms with Crippen molar-refractivity contribution in [1.82, 2.24) is 14.8 Å². The molecule has 1 fully saturated rings. The fraction of sp³-hybridized carbons (Fsp3) is 0.533. The molecule has 0 radical (unpaired) electrons. The van der Waals surface area contributed by atoms with Crippen molar-refractivity contribution in [1.29, 1.82) is 0 Å². The Labute approximate surface area is 123 Å². The molecule has 0 bridgehead atoms. The van der Waals surface area contributed by atoms with Crippen LogP contribution in [0.2, 0.25) is 0 Å². The Morgan fingerprint density at radius 3 is 2.95 bits per heavy atom. The molecule has 2 aromatic heterocycles. The van der Waals surface area contributed by atoms with Crippen LogP contribution in [-0.4, -0.2) is 32.4 Å². The van der Waals surface area contributed by atoms with E-state index in [9.17, 15) is 9.90 Å². The lowest BCUT2D eigenvalue weighted by molar-refractivity contribution is 0.0697. The molecular weight excluding hydrogens is 268 g/mol. The second kappa shape index (κ2) is 5.35. The maximum atomic E-state index is 11.4. The van der Waals surface area contributed by atoms with Crippen LogP contribution in [0.3, 0.4) is 0 Å². The molecular formula is C15H20N4O2. The van der Waals surface area contributed by atoms with Crippen molar-refractivity contribution < 1.29 is 9.90 Å². The number of nitrogens with one attached hydrogen (secondary N) is 1. The van der Waals surface area contributed by atoms with E-state index in [1.807, 2.05) is 0 Å². The fourth-order valence-electron chi connectivity index (χ4n) is 3.21. The molecule has 2 aromatic rings. The molecule has 112 valence electrons. The van der Waals surface area contributed by atoms with E-state index in [-0.39, 0.29) is 5.56 Å². The van der Waals surface area contributed by atoms with E-state index < -0.39 is 5.97 Å². The van der Waals surface area contributed by atoms with E-state index in [2.05, 4.69) is 22.3 Å². The predicted molar refractivity (Wildman–Crippen MR) is 80.5 cm³/mol. The third-order valence-corrected chi connectivity index (χ3v) is 4.36. The van der Waals surface area contributed by atoms with Crippen molar-refractivity contribution >= 4 is 22.7 Å². The van der Waals surface area contributed by atoms with E-state index in [4.69, 9.17) is 0 Å². The Morgan fingerprint density at radius 1 is 1.48 bits per heavy atom. The lowest BCUT2D eigenvalue weighted by Gasteiger charge is -2.14. The first-order valence-corrected chi connectivity index (χ1v) is 7.34. The smallest absolute Gasteiger partial charge is 0.339 e. The number of carbonyl (C=O) groups is 1. The Kier molecular flexibility index (Phi) is 3.53. The molecule has 2 unspecified atom stereocenters. The first kappa shape index (κ1) is 13.9. The van der Waals surface area contributed by atoms with Gasteiger partial charge in [0.25, 0.3) is 0 Å². The minimum absolute atomic E-state index is 0.210. The SMILES string of the molecule is CC1CCC(CNc2c(C(=O)O)cnc3c2cnn3C)C1. The number of hydrogen-bond donors (Lipinski definition) is 2. The van der Waals surface area contributed by atoms with Crippen molar-refractivity contribution in [3.8, 4) is 0 Å². The highest BCUT2D eigenvalue weighted by atomic mass is 16.4. The highest BCUT2D eigenvalue weighted by molar-refractivity contribution is 6.03. The van der Waals surface area contributed by atoms with E-state index in [1.165, 1.54) is 25.5 Å². The standard InChI is InChI=1S/C15H20N4O2/c1-9-3-4-10(5-9)6-16-13-11-8-18-19(2)14(11)17-7-12(13)15(20)21/h7-10H,3-6H2,1-2H3,(H,16,17)(H,20,21).